The van der Waals surface area contributed by atoms with Crippen molar-refractivity contribution < 1.29 is 4.74 Å². The van der Waals surface area contributed by atoms with Gasteiger partial charge in [-0.05, 0) is 38.2 Å². The van der Waals surface area contributed by atoms with E-state index in [4.69, 9.17) is 4.74 Å². The van der Waals surface area contributed by atoms with Gasteiger partial charge in [-0.15, -0.1) is 0 Å². The van der Waals surface area contributed by atoms with Gasteiger partial charge in [0.1, 0.15) is 0 Å². The van der Waals surface area contributed by atoms with Gasteiger partial charge in [0.05, 0.1) is 13.2 Å². The Morgan fingerprint density at radius 2 is 2.06 bits per heavy atom. The molecule has 1 aromatic carbocycles. The van der Waals surface area contributed by atoms with Crippen LogP contribution in [0.5, 0.6) is 0 Å². The van der Waals surface area contributed by atoms with Crippen LogP contribution in [0.25, 0.3) is 0 Å². The fourth-order valence-corrected chi connectivity index (χ4v) is 2.15. The molecule has 0 amide bonds. The molecule has 1 aromatic rings. The lowest BCUT2D eigenvalue weighted by Crippen LogP contribution is -2.23. The molecule has 0 saturated heterocycles. The normalized spacial score (nSPS) is 11.2. The highest BCUT2D eigenvalue weighted by Crippen LogP contribution is 2.17. The number of halogens is 1. The summed E-state index contributed by atoms with van der Waals surface area (Å²) in [5.41, 5.74) is 2.56. The number of nitrogens with one attached hydrogen (secondary N) is 1. The Morgan fingerprint density at radius 3 is 2.72 bits per heavy atom. The summed E-state index contributed by atoms with van der Waals surface area (Å²) in [5.74, 6) is 0. The predicted molar refractivity (Wildman–Crippen MR) is 80.0 cm³/mol. The number of ether oxygens (including phenoxy) is 1. The molecular weight excluding hydrogens is 292 g/mol. The molecule has 0 aliphatic rings. The second-order valence-corrected chi connectivity index (χ2v) is 5.54. The SMILES string of the molecule is Cc1ccc(CNCCOCCN(C)C)c(Br)c1. The number of benzene rings is 1. The number of likely N-dealkylation sites (N-methyl/N-ethyl adjacent to an activating group) is 1. The van der Waals surface area contributed by atoms with Crippen molar-refractivity contribution in [1.29, 1.82) is 0 Å². The molecule has 0 aliphatic carbocycles. The maximum absolute atomic E-state index is 5.52. The van der Waals surface area contributed by atoms with Crippen LogP contribution < -0.4 is 5.32 Å². The van der Waals surface area contributed by atoms with Gasteiger partial charge in [-0.25, -0.2) is 0 Å². The lowest BCUT2D eigenvalue weighted by Gasteiger charge is -2.11. The van der Waals surface area contributed by atoms with Crippen LogP contribution in [0.3, 0.4) is 0 Å². The lowest BCUT2D eigenvalue weighted by molar-refractivity contribution is 0.119. The minimum atomic E-state index is 0.761. The molecule has 0 spiro atoms. The Balaban J connectivity index is 2.11. The number of hydrogen-bond donors (Lipinski definition) is 1. The average molecular weight is 315 g/mol. The van der Waals surface area contributed by atoms with E-state index in [0.29, 0.717) is 0 Å². The molecule has 0 bridgehead atoms. The van der Waals surface area contributed by atoms with Crippen LogP contribution in [0.1, 0.15) is 11.1 Å². The Morgan fingerprint density at radius 1 is 1.28 bits per heavy atom. The van der Waals surface area contributed by atoms with Crippen LogP contribution in [0.2, 0.25) is 0 Å². The van der Waals surface area contributed by atoms with E-state index < -0.39 is 0 Å². The van der Waals surface area contributed by atoms with Gasteiger partial charge in [-0.2, -0.15) is 0 Å². The van der Waals surface area contributed by atoms with Gasteiger partial charge in [-0.1, -0.05) is 28.1 Å². The van der Waals surface area contributed by atoms with Gasteiger partial charge in [-0.3, -0.25) is 0 Å². The first-order chi connectivity index (χ1) is 8.59. The van der Waals surface area contributed by atoms with Crippen LogP contribution >= 0.6 is 15.9 Å². The van der Waals surface area contributed by atoms with Crippen molar-refractivity contribution in [2.75, 3.05) is 40.4 Å². The van der Waals surface area contributed by atoms with E-state index >= 15 is 0 Å². The molecule has 18 heavy (non-hydrogen) atoms. The molecule has 0 heterocycles. The second kappa shape index (κ2) is 8.64. The third kappa shape index (κ3) is 6.50. The standard InChI is InChI=1S/C14H23BrN2O/c1-12-4-5-13(14(15)10-12)11-16-6-8-18-9-7-17(2)3/h4-5,10,16H,6-9,11H2,1-3H3. The van der Waals surface area contributed by atoms with Crippen LogP contribution in [0.15, 0.2) is 22.7 Å². The molecule has 0 unspecified atom stereocenters. The van der Waals surface area contributed by atoms with Crippen molar-refractivity contribution in [3.8, 4) is 0 Å². The molecule has 0 saturated carbocycles. The lowest BCUT2D eigenvalue weighted by atomic mass is 10.1. The molecule has 0 aliphatic heterocycles. The maximum atomic E-state index is 5.52. The summed E-state index contributed by atoms with van der Waals surface area (Å²) in [6.45, 7) is 6.38. The molecule has 102 valence electrons. The summed E-state index contributed by atoms with van der Waals surface area (Å²) in [5, 5.41) is 3.38. The van der Waals surface area contributed by atoms with Crippen molar-refractivity contribution in [2.45, 2.75) is 13.5 Å². The second-order valence-electron chi connectivity index (χ2n) is 4.69. The smallest absolute Gasteiger partial charge is 0.0593 e. The molecule has 0 fully saturated rings. The largest absolute Gasteiger partial charge is 0.379 e. The van der Waals surface area contributed by atoms with E-state index in [-0.39, 0.29) is 0 Å². The molecule has 0 aromatic heterocycles. The molecule has 3 nitrogen and oxygen atoms in total. The molecule has 0 radical (unpaired) electrons. The van der Waals surface area contributed by atoms with Gasteiger partial charge < -0.3 is 15.0 Å². The van der Waals surface area contributed by atoms with E-state index in [1.807, 2.05) is 0 Å². The minimum absolute atomic E-state index is 0.761. The van der Waals surface area contributed by atoms with Crippen molar-refractivity contribution in [2.24, 2.45) is 0 Å². The third-order valence-electron chi connectivity index (χ3n) is 2.63. The zero-order valence-corrected chi connectivity index (χ0v) is 13.1. The van der Waals surface area contributed by atoms with Crippen molar-refractivity contribution in [1.82, 2.24) is 10.2 Å². The maximum Gasteiger partial charge on any atom is 0.0593 e. The zero-order chi connectivity index (χ0) is 13.4. The Labute approximate surface area is 119 Å². The first kappa shape index (κ1) is 15.6. The third-order valence-corrected chi connectivity index (χ3v) is 3.37. The molecular formula is C14H23BrN2O. The summed E-state index contributed by atoms with van der Waals surface area (Å²) in [4.78, 5) is 2.12. The summed E-state index contributed by atoms with van der Waals surface area (Å²) in [7, 11) is 4.10. The number of hydrogen-bond acceptors (Lipinski definition) is 3. The molecule has 1 N–H and O–H groups in total. The van der Waals surface area contributed by atoms with Crippen LogP contribution in [-0.2, 0) is 11.3 Å². The molecule has 4 heteroatoms. The van der Waals surface area contributed by atoms with E-state index in [2.05, 4.69) is 65.4 Å². The van der Waals surface area contributed by atoms with E-state index in [9.17, 15) is 0 Å². The fraction of sp³-hybridized carbons (Fsp3) is 0.571. The van der Waals surface area contributed by atoms with Crippen LogP contribution in [0, 0.1) is 6.92 Å². The van der Waals surface area contributed by atoms with Gasteiger partial charge in [0.15, 0.2) is 0 Å². The van der Waals surface area contributed by atoms with Gasteiger partial charge in [0, 0.05) is 24.1 Å². The first-order valence-corrected chi connectivity index (χ1v) is 7.07. The highest BCUT2D eigenvalue weighted by Gasteiger charge is 1.99. The average Bonchev–Trinajstić information content (AvgIpc) is 2.30. The van der Waals surface area contributed by atoms with Gasteiger partial charge in [0.2, 0.25) is 0 Å². The quantitative estimate of drug-likeness (QED) is 0.746. The highest BCUT2D eigenvalue weighted by molar-refractivity contribution is 9.10. The summed E-state index contributed by atoms with van der Waals surface area (Å²) in [6.07, 6.45) is 0. The number of nitrogens with zero attached hydrogens (tertiary/aromatic N) is 1. The van der Waals surface area contributed by atoms with Crippen molar-refractivity contribution in [3.05, 3.63) is 33.8 Å². The zero-order valence-electron chi connectivity index (χ0n) is 11.5. The fourth-order valence-electron chi connectivity index (χ4n) is 1.51. The number of aryl methyl sites for hydroxylation is 1. The summed E-state index contributed by atoms with van der Waals surface area (Å²) < 4.78 is 6.69. The Kier molecular flexibility index (Phi) is 7.51. The first-order valence-electron chi connectivity index (χ1n) is 6.28. The Hall–Kier alpha value is -0.420. The summed E-state index contributed by atoms with van der Waals surface area (Å²) in [6, 6.07) is 6.43. The minimum Gasteiger partial charge on any atom is -0.379 e. The van der Waals surface area contributed by atoms with Crippen LogP contribution in [0.4, 0.5) is 0 Å². The van der Waals surface area contributed by atoms with Gasteiger partial charge in [0.25, 0.3) is 0 Å². The van der Waals surface area contributed by atoms with Crippen LogP contribution in [-0.4, -0.2) is 45.3 Å². The van der Waals surface area contributed by atoms with Crippen molar-refractivity contribution >= 4 is 15.9 Å². The predicted octanol–water partition coefficient (Wildman–Crippen LogP) is 2.43. The molecule has 1 rings (SSSR count). The van der Waals surface area contributed by atoms with E-state index in [1.165, 1.54) is 15.6 Å². The highest BCUT2D eigenvalue weighted by atomic mass is 79.9. The molecule has 0 atom stereocenters. The van der Waals surface area contributed by atoms with E-state index in [0.717, 1.165) is 32.8 Å². The summed E-state index contributed by atoms with van der Waals surface area (Å²) >= 11 is 3.58. The van der Waals surface area contributed by atoms with E-state index in [1.54, 1.807) is 0 Å². The van der Waals surface area contributed by atoms with Crippen molar-refractivity contribution in [3.63, 3.8) is 0 Å². The monoisotopic (exact) mass is 314 g/mol. The Bertz CT molecular complexity index is 356. The number of rotatable bonds is 8. The topological polar surface area (TPSA) is 24.5 Å². The van der Waals surface area contributed by atoms with Gasteiger partial charge >= 0.3 is 0 Å².